The highest BCUT2D eigenvalue weighted by Gasteiger charge is 2.20. The highest BCUT2D eigenvalue weighted by Crippen LogP contribution is 2.21. The molecule has 1 fully saturated rings. The van der Waals surface area contributed by atoms with Crippen LogP contribution in [0.25, 0.3) is 0 Å². The fourth-order valence-corrected chi connectivity index (χ4v) is 3.09. The van der Waals surface area contributed by atoms with E-state index >= 15 is 0 Å². The predicted molar refractivity (Wildman–Crippen MR) is 97.7 cm³/mol. The van der Waals surface area contributed by atoms with Gasteiger partial charge in [-0.2, -0.15) is 0 Å². The number of piperidine rings is 1. The molecule has 3 rings (SSSR count). The summed E-state index contributed by atoms with van der Waals surface area (Å²) in [5, 5.41) is 0. The molecule has 0 aliphatic carbocycles. The molecule has 0 spiro atoms. The number of pyridine rings is 1. The molecule has 1 aliphatic rings. The van der Waals surface area contributed by atoms with Gasteiger partial charge in [0.15, 0.2) is 0 Å². The van der Waals surface area contributed by atoms with Crippen molar-refractivity contribution in [2.24, 2.45) is 10.9 Å². The van der Waals surface area contributed by atoms with E-state index in [1.165, 1.54) is 12.3 Å². The van der Waals surface area contributed by atoms with Crippen molar-refractivity contribution < 1.29 is 9.13 Å². The maximum atomic E-state index is 13.9. The van der Waals surface area contributed by atoms with Crippen molar-refractivity contribution in [1.29, 1.82) is 0 Å². The predicted octanol–water partition coefficient (Wildman–Crippen LogP) is 3.56. The second kappa shape index (κ2) is 8.72. The Morgan fingerprint density at radius 2 is 2.12 bits per heavy atom. The van der Waals surface area contributed by atoms with Gasteiger partial charge < -0.3 is 4.74 Å². The third-order valence-corrected chi connectivity index (χ3v) is 4.54. The van der Waals surface area contributed by atoms with Crippen LogP contribution in [0.2, 0.25) is 0 Å². The van der Waals surface area contributed by atoms with Crippen LogP contribution >= 0.6 is 0 Å². The van der Waals surface area contributed by atoms with Gasteiger partial charge in [-0.15, -0.1) is 0 Å². The highest BCUT2D eigenvalue weighted by molar-refractivity contribution is 5.80. The van der Waals surface area contributed by atoms with Crippen molar-refractivity contribution in [2.75, 3.05) is 26.7 Å². The van der Waals surface area contributed by atoms with E-state index in [1.807, 2.05) is 18.3 Å². The van der Waals surface area contributed by atoms with Crippen molar-refractivity contribution in [2.45, 2.75) is 19.4 Å². The fraction of sp³-hybridized carbons (Fsp3) is 0.400. The molecule has 0 bridgehead atoms. The number of nitrogens with zero attached hydrogens (tertiary/aromatic N) is 3. The number of rotatable bonds is 6. The molecule has 0 saturated carbocycles. The number of likely N-dealkylation sites (tertiary alicyclic amines) is 1. The fourth-order valence-electron chi connectivity index (χ4n) is 3.09. The van der Waals surface area contributed by atoms with Gasteiger partial charge in [0.1, 0.15) is 11.6 Å². The van der Waals surface area contributed by atoms with Crippen LogP contribution in [0.3, 0.4) is 0 Å². The summed E-state index contributed by atoms with van der Waals surface area (Å²) in [5.41, 5.74) is 1.60. The van der Waals surface area contributed by atoms with E-state index in [4.69, 9.17) is 4.74 Å². The van der Waals surface area contributed by atoms with Crippen LogP contribution < -0.4 is 4.74 Å². The third-order valence-electron chi connectivity index (χ3n) is 4.54. The zero-order valence-corrected chi connectivity index (χ0v) is 14.6. The number of halogens is 1. The van der Waals surface area contributed by atoms with Gasteiger partial charge in [-0.25, -0.2) is 4.39 Å². The van der Waals surface area contributed by atoms with E-state index in [1.54, 1.807) is 19.2 Å². The average molecular weight is 341 g/mol. The molecule has 5 heteroatoms. The van der Waals surface area contributed by atoms with E-state index in [9.17, 15) is 4.39 Å². The first kappa shape index (κ1) is 17.5. The SMILES string of the molecule is CN=Cc1ccc(OCC2CCN(Cc3ccccn3)CC2)cc1F. The summed E-state index contributed by atoms with van der Waals surface area (Å²) in [7, 11) is 1.63. The molecule has 0 N–H and O–H groups in total. The Morgan fingerprint density at radius 3 is 2.80 bits per heavy atom. The highest BCUT2D eigenvalue weighted by atomic mass is 19.1. The summed E-state index contributed by atoms with van der Waals surface area (Å²) in [6.07, 6.45) is 5.54. The van der Waals surface area contributed by atoms with Crippen LogP contribution in [0.4, 0.5) is 4.39 Å². The van der Waals surface area contributed by atoms with Crippen molar-refractivity contribution in [3.05, 3.63) is 59.7 Å². The zero-order valence-electron chi connectivity index (χ0n) is 14.6. The van der Waals surface area contributed by atoms with Gasteiger partial charge in [0.25, 0.3) is 0 Å². The molecule has 2 heterocycles. The van der Waals surface area contributed by atoms with Gasteiger partial charge in [-0.3, -0.25) is 14.9 Å². The van der Waals surface area contributed by atoms with Crippen LogP contribution in [-0.4, -0.2) is 42.8 Å². The van der Waals surface area contributed by atoms with Gasteiger partial charge in [0, 0.05) is 37.6 Å². The molecule has 25 heavy (non-hydrogen) atoms. The first-order valence-corrected chi connectivity index (χ1v) is 8.71. The molecule has 132 valence electrons. The molecule has 1 aromatic heterocycles. The number of aliphatic imine (C=N–C) groups is 1. The van der Waals surface area contributed by atoms with Gasteiger partial charge in [-0.05, 0) is 56.1 Å². The monoisotopic (exact) mass is 341 g/mol. The maximum absolute atomic E-state index is 13.9. The van der Waals surface area contributed by atoms with Gasteiger partial charge in [0.2, 0.25) is 0 Å². The van der Waals surface area contributed by atoms with Crippen molar-refractivity contribution in [3.63, 3.8) is 0 Å². The minimum absolute atomic E-state index is 0.298. The normalized spacial score (nSPS) is 16.4. The van der Waals surface area contributed by atoms with Crippen LogP contribution in [0.1, 0.15) is 24.1 Å². The molecular weight excluding hydrogens is 317 g/mol. The molecule has 2 aromatic rings. The molecular formula is C20H24FN3O. The molecule has 0 radical (unpaired) electrons. The van der Waals surface area contributed by atoms with Gasteiger partial charge in [0.05, 0.1) is 12.3 Å². The van der Waals surface area contributed by atoms with Crippen molar-refractivity contribution in [1.82, 2.24) is 9.88 Å². The number of hydrogen-bond acceptors (Lipinski definition) is 4. The number of hydrogen-bond donors (Lipinski definition) is 0. The summed E-state index contributed by atoms with van der Waals surface area (Å²) in [6, 6.07) is 11.0. The van der Waals surface area contributed by atoms with E-state index in [-0.39, 0.29) is 5.82 Å². The molecule has 0 atom stereocenters. The Hall–Kier alpha value is -2.27. The number of ether oxygens (including phenoxy) is 1. The average Bonchev–Trinajstić information content (AvgIpc) is 2.64. The van der Waals surface area contributed by atoms with Crippen molar-refractivity contribution >= 4 is 6.21 Å². The number of benzene rings is 1. The molecule has 4 nitrogen and oxygen atoms in total. The summed E-state index contributed by atoms with van der Waals surface area (Å²) < 4.78 is 19.7. The lowest BCUT2D eigenvalue weighted by Gasteiger charge is -2.31. The standard InChI is InChI=1S/C20H24FN3O/c1-22-13-17-5-6-19(12-20(17)21)25-15-16-7-10-24(11-8-16)14-18-4-2-3-9-23-18/h2-6,9,12-13,16H,7-8,10-11,14-15H2,1H3. The second-order valence-corrected chi connectivity index (χ2v) is 6.42. The summed E-state index contributed by atoms with van der Waals surface area (Å²) in [5.74, 6) is 0.801. The Bertz CT molecular complexity index is 697. The lowest BCUT2D eigenvalue weighted by Crippen LogP contribution is -2.35. The summed E-state index contributed by atoms with van der Waals surface area (Å²) in [6.45, 7) is 3.63. The van der Waals surface area contributed by atoms with E-state index in [2.05, 4.69) is 20.9 Å². The minimum atomic E-state index is -0.298. The smallest absolute Gasteiger partial charge is 0.135 e. The van der Waals surface area contributed by atoms with E-state index < -0.39 is 0 Å². The summed E-state index contributed by atoms with van der Waals surface area (Å²) >= 11 is 0. The van der Waals surface area contributed by atoms with E-state index in [0.717, 1.165) is 38.2 Å². The molecule has 0 amide bonds. The maximum Gasteiger partial charge on any atom is 0.135 e. The van der Waals surface area contributed by atoms with Crippen LogP contribution in [0.5, 0.6) is 5.75 Å². The molecule has 0 unspecified atom stereocenters. The Kier molecular flexibility index (Phi) is 6.12. The summed E-state index contributed by atoms with van der Waals surface area (Å²) in [4.78, 5) is 10.7. The Balaban J connectivity index is 1.44. The molecule has 1 aromatic carbocycles. The van der Waals surface area contributed by atoms with Crippen LogP contribution in [0.15, 0.2) is 47.6 Å². The van der Waals surface area contributed by atoms with Crippen molar-refractivity contribution in [3.8, 4) is 5.75 Å². The Labute approximate surface area is 148 Å². The largest absolute Gasteiger partial charge is 0.493 e. The lowest BCUT2D eigenvalue weighted by molar-refractivity contribution is 0.135. The quantitative estimate of drug-likeness (QED) is 0.754. The van der Waals surface area contributed by atoms with Crippen LogP contribution in [0, 0.1) is 11.7 Å². The second-order valence-electron chi connectivity index (χ2n) is 6.42. The van der Waals surface area contributed by atoms with Gasteiger partial charge >= 0.3 is 0 Å². The number of aromatic nitrogens is 1. The molecule has 1 saturated heterocycles. The minimum Gasteiger partial charge on any atom is -0.493 e. The first-order chi connectivity index (χ1) is 12.2. The van der Waals surface area contributed by atoms with Gasteiger partial charge in [-0.1, -0.05) is 6.07 Å². The van der Waals surface area contributed by atoms with Crippen LogP contribution in [-0.2, 0) is 6.54 Å². The zero-order chi connectivity index (χ0) is 17.5. The third kappa shape index (κ3) is 5.10. The Morgan fingerprint density at radius 1 is 1.28 bits per heavy atom. The topological polar surface area (TPSA) is 37.7 Å². The molecule has 1 aliphatic heterocycles. The lowest BCUT2D eigenvalue weighted by atomic mass is 9.97. The van der Waals surface area contributed by atoms with E-state index in [0.29, 0.717) is 23.8 Å². The first-order valence-electron chi connectivity index (χ1n) is 8.71.